The van der Waals surface area contributed by atoms with E-state index >= 15 is 0 Å². The van der Waals surface area contributed by atoms with Crippen LogP contribution in [0.25, 0.3) is 22.2 Å². The van der Waals surface area contributed by atoms with Gasteiger partial charge in [-0.3, -0.25) is 4.79 Å². The molecule has 0 amide bonds. The van der Waals surface area contributed by atoms with Crippen LogP contribution in [0.2, 0.25) is 5.02 Å². The summed E-state index contributed by atoms with van der Waals surface area (Å²) in [4.78, 5) is 15.7. The second kappa shape index (κ2) is 4.82. The normalized spacial score (nSPS) is 10.6. The highest BCUT2D eigenvalue weighted by molar-refractivity contribution is 6.31. The van der Waals surface area contributed by atoms with Crippen molar-refractivity contribution in [2.75, 3.05) is 0 Å². The number of hydrogen-bond donors (Lipinski definition) is 0. The van der Waals surface area contributed by atoms with Crippen LogP contribution in [0.4, 0.5) is 0 Å². The maximum absolute atomic E-state index is 11.1. The molecular weight excluding hydrogens is 258 g/mol. The van der Waals surface area contributed by atoms with E-state index in [2.05, 4.69) is 4.98 Å². The quantitative estimate of drug-likeness (QED) is 0.646. The van der Waals surface area contributed by atoms with Gasteiger partial charge in [0.25, 0.3) is 0 Å². The van der Waals surface area contributed by atoms with Gasteiger partial charge in [0.1, 0.15) is 0 Å². The van der Waals surface area contributed by atoms with Crippen molar-refractivity contribution < 1.29 is 4.79 Å². The highest BCUT2D eigenvalue weighted by Crippen LogP contribution is 2.26. The molecule has 1 aromatic heterocycles. The fourth-order valence-electron chi connectivity index (χ4n) is 2.07. The number of carbonyl (C=O) groups excluding carboxylic acids is 1. The predicted molar refractivity (Wildman–Crippen MR) is 77.6 cm³/mol. The van der Waals surface area contributed by atoms with Crippen LogP contribution in [-0.4, -0.2) is 11.3 Å². The lowest BCUT2D eigenvalue weighted by Gasteiger charge is -2.06. The van der Waals surface area contributed by atoms with Crippen LogP contribution in [-0.2, 0) is 0 Å². The van der Waals surface area contributed by atoms with Crippen LogP contribution in [0.5, 0.6) is 0 Å². The summed E-state index contributed by atoms with van der Waals surface area (Å²) in [6.45, 7) is 0. The Bertz CT molecular complexity index is 768. The third kappa shape index (κ3) is 2.23. The van der Waals surface area contributed by atoms with E-state index in [1.807, 2.05) is 36.4 Å². The molecule has 1 heterocycles. The minimum Gasteiger partial charge on any atom is -0.298 e. The van der Waals surface area contributed by atoms with Gasteiger partial charge in [-0.05, 0) is 30.3 Å². The number of pyridine rings is 1. The SMILES string of the molecule is O=Cc1ccc(Cl)cc1-c1ccc2ccccc2n1. The zero-order valence-corrected chi connectivity index (χ0v) is 10.8. The molecule has 2 nitrogen and oxygen atoms in total. The highest BCUT2D eigenvalue weighted by Gasteiger charge is 2.07. The Balaban J connectivity index is 2.24. The molecule has 0 N–H and O–H groups in total. The van der Waals surface area contributed by atoms with Gasteiger partial charge in [0, 0.05) is 21.5 Å². The number of benzene rings is 2. The second-order valence-electron chi connectivity index (χ2n) is 4.24. The number of halogens is 1. The number of nitrogens with zero attached hydrogens (tertiary/aromatic N) is 1. The topological polar surface area (TPSA) is 30.0 Å². The summed E-state index contributed by atoms with van der Waals surface area (Å²) in [7, 11) is 0. The molecule has 3 rings (SSSR count). The zero-order chi connectivity index (χ0) is 13.2. The van der Waals surface area contributed by atoms with E-state index in [-0.39, 0.29) is 0 Å². The summed E-state index contributed by atoms with van der Waals surface area (Å²) in [5.74, 6) is 0. The molecule has 0 aliphatic carbocycles. The summed E-state index contributed by atoms with van der Waals surface area (Å²) >= 11 is 6.00. The van der Waals surface area contributed by atoms with E-state index in [0.29, 0.717) is 10.6 Å². The molecule has 0 bridgehead atoms. The third-order valence-electron chi connectivity index (χ3n) is 3.02. The minimum atomic E-state index is 0.590. The number of aromatic nitrogens is 1. The molecule has 19 heavy (non-hydrogen) atoms. The van der Waals surface area contributed by atoms with Gasteiger partial charge in [-0.2, -0.15) is 0 Å². The summed E-state index contributed by atoms with van der Waals surface area (Å²) in [6, 6.07) is 16.9. The van der Waals surface area contributed by atoms with Crippen molar-refractivity contribution in [1.29, 1.82) is 0 Å². The third-order valence-corrected chi connectivity index (χ3v) is 3.25. The second-order valence-corrected chi connectivity index (χ2v) is 4.68. The van der Waals surface area contributed by atoms with Crippen molar-refractivity contribution in [2.24, 2.45) is 0 Å². The van der Waals surface area contributed by atoms with Gasteiger partial charge in [-0.1, -0.05) is 35.9 Å². The molecule has 3 aromatic rings. The first-order valence-corrected chi connectivity index (χ1v) is 6.26. The maximum Gasteiger partial charge on any atom is 0.150 e. The van der Waals surface area contributed by atoms with Crippen LogP contribution < -0.4 is 0 Å². The summed E-state index contributed by atoms with van der Waals surface area (Å²) in [5, 5.41) is 1.66. The number of aldehydes is 1. The number of carbonyl (C=O) groups is 1. The molecule has 92 valence electrons. The van der Waals surface area contributed by atoms with Gasteiger partial charge in [-0.25, -0.2) is 4.98 Å². The first-order valence-electron chi connectivity index (χ1n) is 5.89. The van der Waals surface area contributed by atoms with Crippen LogP contribution in [0.15, 0.2) is 54.6 Å². The van der Waals surface area contributed by atoms with Gasteiger partial charge in [-0.15, -0.1) is 0 Å². The van der Waals surface area contributed by atoms with Crippen LogP contribution in [0.1, 0.15) is 10.4 Å². The molecule has 0 radical (unpaired) electrons. The van der Waals surface area contributed by atoms with Crippen molar-refractivity contribution >= 4 is 28.8 Å². The fraction of sp³-hybridized carbons (Fsp3) is 0. The first-order chi connectivity index (χ1) is 9.28. The molecule has 0 atom stereocenters. The van der Waals surface area contributed by atoms with Crippen molar-refractivity contribution in [3.8, 4) is 11.3 Å². The molecule has 0 aliphatic heterocycles. The van der Waals surface area contributed by atoms with Crippen molar-refractivity contribution in [1.82, 2.24) is 4.98 Å². The van der Waals surface area contributed by atoms with Gasteiger partial charge >= 0.3 is 0 Å². The molecule has 2 aromatic carbocycles. The largest absolute Gasteiger partial charge is 0.298 e. The molecule has 0 spiro atoms. The van der Waals surface area contributed by atoms with Gasteiger partial charge in [0.2, 0.25) is 0 Å². The van der Waals surface area contributed by atoms with E-state index in [1.165, 1.54) is 0 Å². The smallest absolute Gasteiger partial charge is 0.150 e. The number of fused-ring (bicyclic) bond motifs is 1. The van der Waals surface area contributed by atoms with Gasteiger partial charge < -0.3 is 0 Å². The minimum absolute atomic E-state index is 0.590. The lowest BCUT2D eigenvalue weighted by Crippen LogP contribution is -1.91. The Hall–Kier alpha value is -2.19. The Morgan fingerprint density at radius 1 is 1.00 bits per heavy atom. The average molecular weight is 268 g/mol. The number of para-hydroxylation sites is 1. The molecule has 0 saturated heterocycles. The molecule has 0 unspecified atom stereocenters. The Morgan fingerprint density at radius 2 is 1.84 bits per heavy atom. The standard InChI is InChI=1S/C16H10ClNO/c17-13-7-5-12(10-19)14(9-13)16-8-6-11-3-1-2-4-15(11)18-16/h1-10H. The van der Waals surface area contributed by atoms with E-state index < -0.39 is 0 Å². The van der Waals surface area contributed by atoms with Crippen LogP contribution in [0, 0.1) is 0 Å². The zero-order valence-electron chi connectivity index (χ0n) is 10.0. The van der Waals surface area contributed by atoms with E-state index in [4.69, 9.17) is 11.6 Å². The molecule has 0 fully saturated rings. The summed E-state index contributed by atoms with van der Waals surface area (Å²) in [5.41, 5.74) is 3.00. The fourth-order valence-corrected chi connectivity index (χ4v) is 2.24. The van der Waals surface area contributed by atoms with E-state index in [9.17, 15) is 4.79 Å². The van der Waals surface area contributed by atoms with Crippen LogP contribution in [0.3, 0.4) is 0 Å². The maximum atomic E-state index is 11.1. The number of rotatable bonds is 2. The predicted octanol–water partition coefficient (Wildman–Crippen LogP) is 4.37. The van der Waals surface area contributed by atoms with Crippen molar-refractivity contribution in [3.63, 3.8) is 0 Å². The molecular formula is C16H10ClNO. The molecule has 3 heteroatoms. The monoisotopic (exact) mass is 267 g/mol. The first kappa shape index (κ1) is 11.9. The van der Waals surface area contributed by atoms with E-state index in [0.717, 1.165) is 28.4 Å². The average Bonchev–Trinajstić information content (AvgIpc) is 2.46. The van der Waals surface area contributed by atoms with Gasteiger partial charge in [0.15, 0.2) is 6.29 Å². The summed E-state index contributed by atoms with van der Waals surface area (Å²) < 4.78 is 0. The number of hydrogen-bond acceptors (Lipinski definition) is 2. The van der Waals surface area contributed by atoms with Crippen molar-refractivity contribution in [2.45, 2.75) is 0 Å². The Kier molecular flexibility index (Phi) is 3.02. The lowest BCUT2D eigenvalue weighted by molar-refractivity contribution is 0.112. The Morgan fingerprint density at radius 3 is 2.68 bits per heavy atom. The summed E-state index contributed by atoms with van der Waals surface area (Å²) in [6.07, 6.45) is 0.822. The highest BCUT2D eigenvalue weighted by atomic mass is 35.5. The molecule has 0 aliphatic rings. The van der Waals surface area contributed by atoms with E-state index in [1.54, 1.807) is 18.2 Å². The van der Waals surface area contributed by atoms with Crippen LogP contribution >= 0.6 is 11.6 Å². The Labute approximate surface area is 115 Å². The lowest BCUT2D eigenvalue weighted by atomic mass is 10.0. The van der Waals surface area contributed by atoms with Gasteiger partial charge in [0.05, 0.1) is 11.2 Å². The molecule has 0 saturated carbocycles. The van der Waals surface area contributed by atoms with Crippen molar-refractivity contribution in [3.05, 3.63) is 65.2 Å².